The molecule has 2 heterocycles. The molecule has 2 aliphatic heterocycles. The number of fused-ring (bicyclic) bond motifs is 12. The molecule has 11 rings (SSSR count). The van der Waals surface area contributed by atoms with E-state index in [-0.39, 0.29) is 5.41 Å². The molecule has 7 aromatic rings. The van der Waals surface area contributed by atoms with E-state index < -0.39 is 22.8 Å². The molecular formula is C52H42F3NO2. The van der Waals surface area contributed by atoms with Gasteiger partial charge in [0.25, 0.3) is 0 Å². The van der Waals surface area contributed by atoms with Crippen LogP contribution in [0.1, 0.15) is 72.2 Å². The summed E-state index contributed by atoms with van der Waals surface area (Å²) in [6.45, 7) is 11.8. The zero-order valence-electron chi connectivity index (χ0n) is 32.9. The lowest BCUT2D eigenvalue weighted by Crippen LogP contribution is -2.37. The molecule has 1 atom stereocenters. The van der Waals surface area contributed by atoms with Crippen molar-refractivity contribution in [1.82, 2.24) is 0 Å². The lowest BCUT2D eigenvalue weighted by Gasteiger charge is -2.39. The van der Waals surface area contributed by atoms with Gasteiger partial charge in [-0.15, -0.1) is 0 Å². The molecule has 1 unspecified atom stereocenters. The number of halogens is 3. The first kappa shape index (κ1) is 35.3. The van der Waals surface area contributed by atoms with E-state index in [1.54, 1.807) is 6.07 Å². The van der Waals surface area contributed by atoms with E-state index in [1.165, 1.54) is 45.2 Å². The summed E-state index contributed by atoms with van der Waals surface area (Å²) >= 11 is 0. The Labute approximate surface area is 336 Å². The van der Waals surface area contributed by atoms with Crippen molar-refractivity contribution in [2.24, 2.45) is 0 Å². The van der Waals surface area contributed by atoms with Gasteiger partial charge in [-0.1, -0.05) is 113 Å². The quantitative estimate of drug-likeness (QED) is 0.179. The Hall–Kier alpha value is -5.85. The second-order valence-electron chi connectivity index (χ2n) is 17.4. The topological polar surface area (TPSA) is 21.7 Å². The molecule has 1 fully saturated rings. The number of nitrogens with zero attached hydrogens (tertiary/aromatic N) is 1. The summed E-state index contributed by atoms with van der Waals surface area (Å²) in [6, 6.07) is 41.2. The number of hydrogen-bond acceptors (Lipinski definition) is 3. The largest absolute Gasteiger partial charge is 0.472 e. The van der Waals surface area contributed by atoms with Gasteiger partial charge < -0.3 is 14.4 Å². The van der Waals surface area contributed by atoms with Gasteiger partial charge in [-0.2, -0.15) is 13.2 Å². The monoisotopic (exact) mass is 769 g/mol. The van der Waals surface area contributed by atoms with Crippen LogP contribution in [0.3, 0.4) is 0 Å². The van der Waals surface area contributed by atoms with Crippen molar-refractivity contribution in [3.8, 4) is 28.0 Å². The minimum atomic E-state index is -4.44. The number of anilines is 1. The van der Waals surface area contributed by atoms with Crippen LogP contribution in [0.25, 0.3) is 49.9 Å². The Balaban J connectivity index is 1.13. The van der Waals surface area contributed by atoms with Gasteiger partial charge >= 0.3 is 6.18 Å². The second-order valence-corrected chi connectivity index (χ2v) is 17.4. The lowest BCUT2D eigenvalue weighted by molar-refractivity contribution is -0.137. The number of alkyl halides is 3. The van der Waals surface area contributed by atoms with Gasteiger partial charge in [-0.25, -0.2) is 0 Å². The molecule has 0 saturated carbocycles. The van der Waals surface area contributed by atoms with Crippen LogP contribution in [0.5, 0.6) is 5.75 Å². The Morgan fingerprint density at radius 1 is 0.603 bits per heavy atom. The molecule has 4 aliphatic rings. The van der Waals surface area contributed by atoms with Gasteiger partial charge in [-0.3, -0.25) is 0 Å². The third-order valence-corrected chi connectivity index (χ3v) is 13.5. The van der Waals surface area contributed by atoms with Crippen molar-refractivity contribution in [2.75, 3.05) is 31.2 Å². The van der Waals surface area contributed by atoms with Gasteiger partial charge in [0.2, 0.25) is 0 Å². The van der Waals surface area contributed by atoms with Crippen molar-refractivity contribution in [3.05, 3.63) is 172 Å². The van der Waals surface area contributed by atoms with Gasteiger partial charge in [0.05, 0.1) is 18.8 Å². The van der Waals surface area contributed by atoms with Crippen molar-refractivity contribution < 1.29 is 22.6 Å². The highest BCUT2D eigenvalue weighted by Crippen LogP contribution is 2.59. The number of hydrogen-bond donors (Lipinski definition) is 0. The molecule has 0 N–H and O–H groups in total. The standard InChI is InChI=1S/C52H42F3NO2/c1-49(2)43-28-32-10-6-5-9-31(32)27-42(43)37-19-15-34(29-44(37)49)51(33-13-17-36(18-14-33)56-23-25-57-26-24-56)22-21-41-47-46(38-11-7-8-12-39(38)48(41)58-51)40-20-16-35(52(53,54)55)30-45(40)50(47,3)4/h5-22,27-30H,23-26H2,1-4H3. The molecule has 3 nitrogen and oxygen atoms in total. The summed E-state index contributed by atoms with van der Waals surface area (Å²) in [5.74, 6) is 0.736. The maximum atomic E-state index is 14.1. The Morgan fingerprint density at radius 2 is 1.24 bits per heavy atom. The van der Waals surface area contributed by atoms with Crippen LogP contribution < -0.4 is 9.64 Å². The van der Waals surface area contributed by atoms with E-state index in [9.17, 15) is 13.2 Å². The summed E-state index contributed by atoms with van der Waals surface area (Å²) in [5.41, 5.74) is 9.94. The van der Waals surface area contributed by atoms with E-state index in [4.69, 9.17) is 9.47 Å². The van der Waals surface area contributed by atoms with Crippen LogP contribution in [0.4, 0.5) is 18.9 Å². The fraction of sp³-hybridized carbons (Fsp3) is 0.231. The second kappa shape index (κ2) is 12.1. The Kier molecular flexibility index (Phi) is 7.36. The van der Waals surface area contributed by atoms with Gasteiger partial charge in [0.15, 0.2) is 5.60 Å². The average Bonchev–Trinajstić information content (AvgIpc) is 3.61. The summed E-state index contributed by atoms with van der Waals surface area (Å²) in [6.07, 6.45) is -0.0851. The van der Waals surface area contributed by atoms with E-state index >= 15 is 0 Å². The Morgan fingerprint density at radius 3 is 1.98 bits per heavy atom. The number of benzene rings is 7. The van der Waals surface area contributed by atoms with Crippen LogP contribution in [0.15, 0.2) is 127 Å². The van der Waals surface area contributed by atoms with E-state index in [0.717, 1.165) is 68.7 Å². The highest BCUT2D eigenvalue weighted by Gasteiger charge is 2.46. The molecule has 0 spiro atoms. The van der Waals surface area contributed by atoms with E-state index in [1.807, 2.05) is 26.0 Å². The van der Waals surface area contributed by atoms with Crippen molar-refractivity contribution in [3.63, 3.8) is 0 Å². The predicted octanol–water partition coefficient (Wildman–Crippen LogP) is 12.8. The molecule has 288 valence electrons. The number of rotatable bonds is 3. The van der Waals surface area contributed by atoms with Crippen molar-refractivity contribution in [1.29, 1.82) is 0 Å². The fourth-order valence-electron chi connectivity index (χ4n) is 10.5. The number of ether oxygens (including phenoxy) is 2. The van der Waals surface area contributed by atoms with Crippen LogP contribution in [-0.4, -0.2) is 26.3 Å². The summed E-state index contributed by atoms with van der Waals surface area (Å²) in [4.78, 5) is 2.35. The SMILES string of the molecule is CC1(C)c2cc(C3(c4ccc(N5CCOCC5)cc4)C=Cc4c5c(c6ccccc6c4O3)-c3ccc(C(F)(F)F)cc3C5(C)C)ccc2-c2cc3ccccc3cc21. The highest BCUT2D eigenvalue weighted by atomic mass is 19.4. The first-order valence-electron chi connectivity index (χ1n) is 20.2. The van der Waals surface area contributed by atoms with Crippen molar-refractivity contribution in [2.45, 2.75) is 50.3 Å². The average molecular weight is 770 g/mol. The summed E-state index contributed by atoms with van der Waals surface area (Å²) in [5, 5.41) is 4.35. The molecule has 7 aromatic carbocycles. The minimum absolute atomic E-state index is 0.263. The molecule has 6 heteroatoms. The van der Waals surface area contributed by atoms with E-state index in [2.05, 4.69) is 122 Å². The van der Waals surface area contributed by atoms with Crippen LogP contribution in [0.2, 0.25) is 0 Å². The van der Waals surface area contributed by atoms with Crippen molar-refractivity contribution >= 4 is 33.3 Å². The molecular weight excluding hydrogens is 728 g/mol. The predicted molar refractivity (Wildman–Crippen MR) is 228 cm³/mol. The maximum absolute atomic E-state index is 14.1. The van der Waals surface area contributed by atoms with E-state index in [0.29, 0.717) is 18.8 Å². The maximum Gasteiger partial charge on any atom is 0.416 e. The molecule has 1 saturated heterocycles. The summed E-state index contributed by atoms with van der Waals surface area (Å²) < 4.78 is 55.7. The zero-order chi connectivity index (χ0) is 39.8. The summed E-state index contributed by atoms with van der Waals surface area (Å²) in [7, 11) is 0. The van der Waals surface area contributed by atoms with Gasteiger partial charge in [0, 0.05) is 51.7 Å². The highest BCUT2D eigenvalue weighted by molar-refractivity contribution is 6.08. The molecule has 58 heavy (non-hydrogen) atoms. The molecule has 0 radical (unpaired) electrons. The lowest BCUT2D eigenvalue weighted by atomic mass is 9.75. The van der Waals surface area contributed by atoms with Crippen LogP contribution in [0, 0.1) is 0 Å². The van der Waals surface area contributed by atoms with Gasteiger partial charge in [-0.05, 0) is 109 Å². The zero-order valence-corrected chi connectivity index (χ0v) is 32.9. The smallest absolute Gasteiger partial charge is 0.416 e. The first-order chi connectivity index (χ1) is 27.9. The molecule has 2 aliphatic carbocycles. The third kappa shape index (κ3) is 4.91. The van der Waals surface area contributed by atoms with Crippen LogP contribution >= 0.6 is 0 Å². The Bertz CT molecular complexity index is 2900. The number of morpholine rings is 1. The normalized spacial score (nSPS) is 19.7. The van der Waals surface area contributed by atoms with Gasteiger partial charge in [0.1, 0.15) is 5.75 Å². The molecule has 0 bridgehead atoms. The van der Waals surface area contributed by atoms with Crippen LogP contribution in [-0.2, 0) is 27.3 Å². The minimum Gasteiger partial charge on any atom is -0.472 e. The molecule has 0 amide bonds. The molecule has 0 aromatic heterocycles. The third-order valence-electron chi connectivity index (χ3n) is 13.5. The fourth-order valence-corrected chi connectivity index (χ4v) is 10.5. The first-order valence-corrected chi connectivity index (χ1v) is 20.2.